The Labute approximate surface area is 136 Å². The minimum absolute atomic E-state index is 0.0485. The average Bonchev–Trinajstić information content (AvgIpc) is 2.91. The maximum absolute atomic E-state index is 11.5. The maximum atomic E-state index is 11.5. The summed E-state index contributed by atoms with van der Waals surface area (Å²) >= 11 is 4.24. The molecule has 0 radical (unpaired) electrons. The van der Waals surface area contributed by atoms with Crippen molar-refractivity contribution < 1.29 is 14.3 Å². The molecule has 3 aliphatic heterocycles. The first-order valence-electron chi connectivity index (χ1n) is 6.33. The van der Waals surface area contributed by atoms with E-state index in [0.29, 0.717) is 11.5 Å². The highest BCUT2D eigenvalue weighted by Gasteiger charge is 2.53. The molecular formula is C12H18I2N2O3. The summed E-state index contributed by atoms with van der Waals surface area (Å²) in [6.07, 6.45) is 2.71. The first-order chi connectivity index (χ1) is 9.11. The van der Waals surface area contributed by atoms with Gasteiger partial charge in [-0.15, -0.1) is 0 Å². The van der Waals surface area contributed by atoms with E-state index in [9.17, 15) is 4.79 Å². The van der Waals surface area contributed by atoms with Crippen LogP contribution in [0.1, 0.15) is 27.2 Å². The minimum atomic E-state index is -0.360. The number of carbonyl (C=O) groups excluding carboxylic acids is 1. The molecular weight excluding hydrogens is 474 g/mol. The predicted molar refractivity (Wildman–Crippen MR) is 88.6 cm³/mol. The minimum Gasteiger partial charge on any atom is -0.352 e. The summed E-state index contributed by atoms with van der Waals surface area (Å²) in [7, 11) is 0. The number of carbonyl (C=O) groups is 1. The molecule has 108 valence electrons. The Kier molecular flexibility index (Phi) is 5.34. The maximum Gasteiger partial charge on any atom is 0.251 e. The molecule has 3 rings (SSSR count). The molecule has 0 aromatic heterocycles. The van der Waals surface area contributed by atoms with Crippen molar-refractivity contribution in [3.8, 4) is 0 Å². The standard InChI is InChI=1S/C12H18N2O3.I2/c1-4-8-7(3)9-11(16-8)14-5-6(2)10(15)13-12(14)17-9;1-2/h5,7-9,11-12H,4H2,1-3H3,(H,13,15);. The van der Waals surface area contributed by atoms with E-state index in [4.69, 9.17) is 9.47 Å². The van der Waals surface area contributed by atoms with E-state index in [1.807, 2.05) is 11.1 Å². The van der Waals surface area contributed by atoms with Crippen LogP contribution in [0.25, 0.3) is 0 Å². The molecule has 2 saturated heterocycles. The van der Waals surface area contributed by atoms with Crippen LogP contribution in [0.3, 0.4) is 0 Å². The molecule has 19 heavy (non-hydrogen) atoms. The van der Waals surface area contributed by atoms with Crippen LogP contribution in [0.15, 0.2) is 11.8 Å². The van der Waals surface area contributed by atoms with Gasteiger partial charge in [0.05, 0.1) is 6.10 Å². The molecule has 5 unspecified atom stereocenters. The molecule has 7 heteroatoms. The monoisotopic (exact) mass is 492 g/mol. The van der Waals surface area contributed by atoms with E-state index in [0.717, 1.165) is 6.42 Å². The zero-order valence-corrected chi connectivity index (χ0v) is 15.4. The third-order valence-electron chi connectivity index (χ3n) is 3.91. The van der Waals surface area contributed by atoms with Crippen molar-refractivity contribution in [2.75, 3.05) is 0 Å². The van der Waals surface area contributed by atoms with Gasteiger partial charge < -0.3 is 19.7 Å². The largest absolute Gasteiger partial charge is 0.352 e. The van der Waals surface area contributed by atoms with E-state index in [2.05, 4.69) is 56.4 Å². The number of rotatable bonds is 1. The summed E-state index contributed by atoms with van der Waals surface area (Å²) in [5.41, 5.74) is 0.696. The van der Waals surface area contributed by atoms with Gasteiger partial charge >= 0.3 is 0 Å². The third kappa shape index (κ3) is 2.75. The van der Waals surface area contributed by atoms with Gasteiger partial charge in [-0.25, -0.2) is 0 Å². The van der Waals surface area contributed by atoms with E-state index >= 15 is 0 Å². The van der Waals surface area contributed by atoms with Gasteiger partial charge in [-0.3, -0.25) is 4.79 Å². The molecule has 3 aliphatic rings. The van der Waals surface area contributed by atoms with Gasteiger partial charge in [0.1, 0.15) is 6.10 Å². The third-order valence-corrected chi connectivity index (χ3v) is 3.91. The van der Waals surface area contributed by atoms with Gasteiger partial charge in [0.15, 0.2) is 6.23 Å². The summed E-state index contributed by atoms with van der Waals surface area (Å²) in [6, 6.07) is 0. The first-order valence-corrected chi connectivity index (χ1v) is 12.6. The zero-order chi connectivity index (χ0) is 14.2. The fourth-order valence-electron chi connectivity index (χ4n) is 2.86. The van der Waals surface area contributed by atoms with Crippen molar-refractivity contribution in [3.05, 3.63) is 11.8 Å². The van der Waals surface area contributed by atoms with Gasteiger partial charge in [0.25, 0.3) is 5.91 Å². The topological polar surface area (TPSA) is 50.8 Å². The fourth-order valence-corrected chi connectivity index (χ4v) is 2.86. The molecule has 0 spiro atoms. The van der Waals surface area contributed by atoms with Crippen LogP contribution in [0, 0.1) is 5.92 Å². The van der Waals surface area contributed by atoms with Crippen LogP contribution in [-0.2, 0) is 14.3 Å². The molecule has 0 aliphatic carbocycles. The SMILES string of the molecule is CCC1OC2C(OC3NC(=O)C(C)=CN32)C1C.II. The van der Waals surface area contributed by atoms with E-state index in [1.165, 1.54) is 0 Å². The van der Waals surface area contributed by atoms with Crippen LogP contribution in [0.4, 0.5) is 0 Å². The number of nitrogens with one attached hydrogen (secondary N) is 1. The Morgan fingerprint density at radius 3 is 2.74 bits per heavy atom. The lowest BCUT2D eigenvalue weighted by molar-refractivity contribution is -0.129. The number of fused-ring (bicyclic) bond motifs is 3. The average molecular weight is 492 g/mol. The molecule has 5 nitrogen and oxygen atoms in total. The van der Waals surface area contributed by atoms with Crippen LogP contribution >= 0.6 is 37.2 Å². The van der Waals surface area contributed by atoms with E-state index < -0.39 is 0 Å². The van der Waals surface area contributed by atoms with Crippen molar-refractivity contribution in [2.24, 2.45) is 5.92 Å². The Morgan fingerprint density at radius 2 is 2.11 bits per heavy atom. The molecule has 1 amide bonds. The summed E-state index contributed by atoms with van der Waals surface area (Å²) < 4.78 is 11.9. The van der Waals surface area contributed by atoms with Gasteiger partial charge in [0, 0.05) is 54.9 Å². The Balaban J connectivity index is 0.000000637. The lowest BCUT2D eigenvalue weighted by Crippen LogP contribution is -2.49. The lowest BCUT2D eigenvalue weighted by atomic mass is 9.99. The molecule has 1 N–H and O–H groups in total. The quantitative estimate of drug-likeness (QED) is 0.573. The van der Waals surface area contributed by atoms with E-state index in [1.54, 1.807) is 6.92 Å². The van der Waals surface area contributed by atoms with Crippen LogP contribution in [0.5, 0.6) is 0 Å². The van der Waals surface area contributed by atoms with Gasteiger partial charge in [0.2, 0.25) is 6.35 Å². The van der Waals surface area contributed by atoms with Gasteiger partial charge in [-0.2, -0.15) is 0 Å². The first kappa shape index (κ1) is 15.8. The number of nitrogens with zero attached hydrogens (tertiary/aromatic N) is 1. The second kappa shape index (κ2) is 6.44. The summed E-state index contributed by atoms with van der Waals surface area (Å²) in [4.78, 5) is 13.5. The number of ether oxygens (including phenoxy) is 2. The van der Waals surface area contributed by atoms with E-state index in [-0.39, 0.29) is 30.7 Å². The molecule has 3 heterocycles. The fraction of sp³-hybridized carbons (Fsp3) is 0.750. The van der Waals surface area contributed by atoms with Crippen LogP contribution < -0.4 is 5.32 Å². The zero-order valence-electron chi connectivity index (χ0n) is 11.1. The second-order valence-corrected chi connectivity index (χ2v) is 5.02. The van der Waals surface area contributed by atoms with Crippen molar-refractivity contribution in [1.29, 1.82) is 0 Å². The number of amides is 1. The normalized spacial score (nSPS) is 39.8. The summed E-state index contributed by atoms with van der Waals surface area (Å²) in [6.45, 7) is 6.07. The highest BCUT2D eigenvalue weighted by atomic mass is 128. The molecule has 0 aromatic carbocycles. The van der Waals surface area contributed by atoms with Gasteiger partial charge in [-0.1, -0.05) is 13.8 Å². The predicted octanol–water partition coefficient (Wildman–Crippen LogP) is 2.55. The molecule has 0 aromatic rings. The molecule has 2 fully saturated rings. The highest BCUT2D eigenvalue weighted by molar-refractivity contribution is 15.0. The lowest BCUT2D eigenvalue weighted by Gasteiger charge is -2.31. The summed E-state index contributed by atoms with van der Waals surface area (Å²) in [5.74, 6) is 0.298. The molecule has 0 saturated carbocycles. The number of hydrogen-bond donors (Lipinski definition) is 1. The van der Waals surface area contributed by atoms with Crippen molar-refractivity contribution in [1.82, 2.24) is 10.2 Å². The van der Waals surface area contributed by atoms with Crippen LogP contribution in [-0.4, -0.2) is 35.6 Å². The molecule has 0 bridgehead atoms. The van der Waals surface area contributed by atoms with Crippen molar-refractivity contribution >= 4 is 43.1 Å². The Hall–Kier alpha value is 0.390. The smallest absolute Gasteiger partial charge is 0.251 e. The molecule has 5 atom stereocenters. The Bertz CT molecular complexity index is 391. The van der Waals surface area contributed by atoms with Crippen LogP contribution in [0.2, 0.25) is 0 Å². The van der Waals surface area contributed by atoms with Gasteiger partial charge in [-0.05, 0) is 13.3 Å². The number of halogens is 2. The van der Waals surface area contributed by atoms with Crippen molar-refractivity contribution in [2.45, 2.75) is 52.0 Å². The Morgan fingerprint density at radius 1 is 1.42 bits per heavy atom. The second-order valence-electron chi connectivity index (χ2n) is 5.02. The van der Waals surface area contributed by atoms with Crippen molar-refractivity contribution in [3.63, 3.8) is 0 Å². The summed E-state index contributed by atoms with van der Waals surface area (Å²) in [5, 5.41) is 2.83. The highest BCUT2D eigenvalue weighted by Crippen LogP contribution is 2.39. The number of hydrogen-bond acceptors (Lipinski definition) is 4.